The molecule has 1 atom stereocenters. The number of pyridine rings is 1. The third kappa shape index (κ3) is 6.10. The van der Waals surface area contributed by atoms with Gasteiger partial charge in [0.05, 0.1) is 11.2 Å². The number of rotatable bonds is 6. The second kappa shape index (κ2) is 8.92. The second-order valence-corrected chi connectivity index (χ2v) is 6.94. The summed E-state index contributed by atoms with van der Waals surface area (Å²) in [4.78, 5) is 32.0. The van der Waals surface area contributed by atoms with E-state index in [9.17, 15) is 14.7 Å². The number of nitrogens with one attached hydrogen (secondary N) is 1. The number of likely N-dealkylation sites (tertiary alicyclic amines) is 1. The Morgan fingerprint density at radius 1 is 1.36 bits per heavy atom. The van der Waals surface area contributed by atoms with E-state index in [2.05, 4.69) is 10.3 Å². The van der Waals surface area contributed by atoms with Gasteiger partial charge in [-0.3, -0.25) is 14.6 Å². The molecule has 0 radical (unpaired) electrons. The van der Waals surface area contributed by atoms with Gasteiger partial charge in [-0.15, -0.1) is 0 Å². The highest BCUT2D eigenvalue weighted by Crippen LogP contribution is 2.23. The molecule has 7 heteroatoms. The van der Waals surface area contributed by atoms with Gasteiger partial charge < -0.3 is 20.2 Å². The summed E-state index contributed by atoms with van der Waals surface area (Å²) >= 11 is 0. The molecule has 0 spiro atoms. The molecule has 2 rings (SSSR count). The number of hydrogen-bond donors (Lipinski definition) is 2. The highest BCUT2D eigenvalue weighted by Gasteiger charge is 2.31. The zero-order chi connectivity index (χ0) is 18.3. The molecule has 1 aliphatic heterocycles. The molecule has 1 aliphatic rings. The van der Waals surface area contributed by atoms with Gasteiger partial charge in [-0.2, -0.15) is 0 Å². The molecule has 1 aromatic rings. The van der Waals surface area contributed by atoms with Crippen LogP contribution in [0.2, 0.25) is 0 Å². The third-order valence-electron chi connectivity index (χ3n) is 4.43. The van der Waals surface area contributed by atoms with E-state index in [0.29, 0.717) is 44.6 Å². The molecule has 25 heavy (non-hydrogen) atoms. The van der Waals surface area contributed by atoms with E-state index >= 15 is 0 Å². The van der Waals surface area contributed by atoms with E-state index in [-0.39, 0.29) is 18.2 Å². The maximum atomic E-state index is 12.4. The number of carbonyl (C=O) groups is 2. The van der Waals surface area contributed by atoms with Gasteiger partial charge in [-0.1, -0.05) is 0 Å². The molecule has 0 saturated carbocycles. The molecule has 0 bridgehead atoms. The van der Waals surface area contributed by atoms with Crippen LogP contribution in [0.15, 0.2) is 24.5 Å². The Labute approximate surface area is 149 Å². The Morgan fingerprint density at radius 2 is 2.16 bits per heavy atom. The van der Waals surface area contributed by atoms with Crippen molar-refractivity contribution in [3.8, 4) is 0 Å². The van der Waals surface area contributed by atoms with Gasteiger partial charge in [-0.05, 0) is 45.5 Å². The zero-order valence-electron chi connectivity index (χ0n) is 15.1. The largest absolute Gasteiger partial charge is 0.388 e. The number of carbonyl (C=O) groups excluding carboxylic acids is 2. The number of nitrogens with zero attached hydrogens (tertiary/aromatic N) is 3. The van der Waals surface area contributed by atoms with Crippen LogP contribution < -0.4 is 5.32 Å². The van der Waals surface area contributed by atoms with Crippen LogP contribution >= 0.6 is 0 Å². The predicted octanol–water partition coefficient (Wildman–Crippen LogP) is 0.507. The average Bonchev–Trinajstić information content (AvgIpc) is 2.76. The molecule has 1 aromatic heterocycles. The van der Waals surface area contributed by atoms with Crippen molar-refractivity contribution >= 4 is 11.8 Å². The molecule has 2 N–H and O–H groups in total. The Balaban J connectivity index is 1.76. The van der Waals surface area contributed by atoms with Gasteiger partial charge in [0, 0.05) is 45.0 Å². The van der Waals surface area contributed by atoms with Crippen LogP contribution in [-0.2, 0) is 4.79 Å². The Kier molecular flexibility index (Phi) is 6.90. The fourth-order valence-electron chi connectivity index (χ4n) is 3.22. The molecule has 0 aromatic carbocycles. The second-order valence-electron chi connectivity index (χ2n) is 6.94. The van der Waals surface area contributed by atoms with Crippen molar-refractivity contribution in [2.45, 2.75) is 31.3 Å². The lowest BCUT2D eigenvalue weighted by Crippen LogP contribution is -2.41. The van der Waals surface area contributed by atoms with Gasteiger partial charge in [-0.25, -0.2) is 0 Å². The third-order valence-corrected chi connectivity index (χ3v) is 4.43. The first-order chi connectivity index (χ1) is 11.9. The molecule has 2 amide bonds. The highest BCUT2D eigenvalue weighted by molar-refractivity contribution is 5.94. The first-order valence-corrected chi connectivity index (χ1v) is 8.73. The minimum Gasteiger partial charge on any atom is -0.388 e. The molecule has 1 saturated heterocycles. The van der Waals surface area contributed by atoms with Gasteiger partial charge in [0.1, 0.15) is 0 Å². The molecule has 7 nitrogen and oxygen atoms in total. The average molecular weight is 348 g/mol. The van der Waals surface area contributed by atoms with Crippen molar-refractivity contribution in [2.75, 3.05) is 40.3 Å². The van der Waals surface area contributed by atoms with E-state index in [4.69, 9.17) is 0 Å². The summed E-state index contributed by atoms with van der Waals surface area (Å²) in [6, 6.07) is 3.39. The standard InChI is InChI=1S/C18H28N4O3/c1-21(2)14-18(25)7-4-11-22(12-8-18)16(23)6-10-20-17(24)15-5-3-9-19-13-15/h3,5,9,13,25H,4,6-8,10-12,14H2,1-2H3,(H,20,24). The maximum Gasteiger partial charge on any atom is 0.252 e. The molecule has 2 heterocycles. The monoisotopic (exact) mass is 348 g/mol. The minimum absolute atomic E-state index is 0.0144. The van der Waals surface area contributed by atoms with Crippen LogP contribution in [0, 0.1) is 0 Å². The number of aromatic nitrogens is 1. The maximum absolute atomic E-state index is 12.4. The van der Waals surface area contributed by atoms with Crippen LogP contribution in [0.3, 0.4) is 0 Å². The quantitative estimate of drug-likeness (QED) is 0.782. The molecular weight excluding hydrogens is 320 g/mol. The lowest BCUT2D eigenvalue weighted by molar-refractivity contribution is -0.131. The van der Waals surface area contributed by atoms with Gasteiger partial charge >= 0.3 is 0 Å². The Hall–Kier alpha value is -1.99. The summed E-state index contributed by atoms with van der Waals surface area (Å²) in [6.07, 6.45) is 5.44. The number of amides is 2. The number of aliphatic hydroxyl groups is 1. The van der Waals surface area contributed by atoms with E-state index in [1.807, 2.05) is 19.0 Å². The smallest absolute Gasteiger partial charge is 0.252 e. The summed E-state index contributed by atoms with van der Waals surface area (Å²) < 4.78 is 0. The Bertz CT molecular complexity index is 579. The first kappa shape index (κ1) is 19.3. The summed E-state index contributed by atoms with van der Waals surface area (Å²) in [6.45, 7) is 2.12. The Morgan fingerprint density at radius 3 is 2.84 bits per heavy atom. The highest BCUT2D eigenvalue weighted by atomic mass is 16.3. The number of likely N-dealkylation sites (N-methyl/N-ethyl adjacent to an activating group) is 1. The number of hydrogen-bond acceptors (Lipinski definition) is 5. The molecular formula is C18H28N4O3. The van der Waals surface area contributed by atoms with Crippen molar-refractivity contribution in [3.05, 3.63) is 30.1 Å². The van der Waals surface area contributed by atoms with Crippen molar-refractivity contribution in [2.24, 2.45) is 0 Å². The lowest BCUT2D eigenvalue weighted by Gasteiger charge is -2.30. The van der Waals surface area contributed by atoms with Gasteiger partial charge in [0.2, 0.25) is 5.91 Å². The molecule has 1 fully saturated rings. The van der Waals surface area contributed by atoms with E-state index in [1.165, 1.54) is 6.20 Å². The van der Waals surface area contributed by atoms with Crippen LogP contribution in [0.4, 0.5) is 0 Å². The predicted molar refractivity (Wildman–Crippen MR) is 95.1 cm³/mol. The fourth-order valence-corrected chi connectivity index (χ4v) is 3.22. The molecule has 1 unspecified atom stereocenters. The van der Waals surface area contributed by atoms with Gasteiger partial charge in [0.25, 0.3) is 5.91 Å². The molecule has 0 aliphatic carbocycles. The van der Waals surface area contributed by atoms with Crippen molar-refractivity contribution < 1.29 is 14.7 Å². The molecule has 138 valence electrons. The first-order valence-electron chi connectivity index (χ1n) is 8.73. The van der Waals surface area contributed by atoms with Crippen molar-refractivity contribution in [3.63, 3.8) is 0 Å². The van der Waals surface area contributed by atoms with Crippen LogP contribution in [-0.4, -0.2) is 77.6 Å². The summed E-state index contributed by atoms with van der Waals surface area (Å²) in [5.41, 5.74) is -0.244. The zero-order valence-corrected chi connectivity index (χ0v) is 15.1. The van der Waals surface area contributed by atoms with Crippen LogP contribution in [0.25, 0.3) is 0 Å². The van der Waals surface area contributed by atoms with Crippen molar-refractivity contribution in [1.29, 1.82) is 0 Å². The van der Waals surface area contributed by atoms with E-state index in [1.54, 1.807) is 23.2 Å². The minimum atomic E-state index is -0.729. The lowest BCUT2D eigenvalue weighted by atomic mass is 9.94. The van der Waals surface area contributed by atoms with Crippen LogP contribution in [0.1, 0.15) is 36.0 Å². The summed E-state index contributed by atoms with van der Waals surface area (Å²) in [7, 11) is 3.88. The summed E-state index contributed by atoms with van der Waals surface area (Å²) in [5.74, 6) is -0.210. The van der Waals surface area contributed by atoms with E-state index < -0.39 is 5.60 Å². The topological polar surface area (TPSA) is 85.8 Å². The van der Waals surface area contributed by atoms with Gasteiger partial charge in [0.15, 0.2) is 0 Å². The van der Waals surface area contributed by atoms with E-state index in [0.717, 1.165) is 6.42 Å². The fraction of sp³-hybridized carbons (Fsp3) is 0.611. The van der Waals surface area contributed by atoms with Crippen molar-refractivity contribution in [1.82, 2.24) is 20.1 Å². The normalized spacial score (nSPS) is 21.0. The summed E-state index contributed by atoms with van der Waals surface area (Å²) in [5, 5.41) is 13.4. The SMILES string of the molecule is CN(C)CC1(O)CCCN(C(=O)CCNC(=O)c2cccnc2)CC1. The van der Waals surface area contributed by atoms with Crippen LogP contribution in [0.5, 0.6) is 0 Å².